The summed E-state index contributed by atoms with van der Waals surface area (Å²) >= 11 is 0. The van der Waals surface area contributed by atoms with Gasteiger partial charge in [0.25, 0.3) is 11.6 Å². The van der Waals surface area contributed by atoms with Gasteiger partial charge in [-0.05, 0) is 31.4 Å². The highest BCUT2D eigenvalue weighted by Gasteiger charge is 2.27. The zero-order valence-corrected chi connectivity index (χ0v) is 18.2. The van der Waals surface area contributed by atoms with Gasteiger partial charge in [0.1, 0.15) is 17.8 Å². The Hall–Kier alpha value is -3.95. The Morgan fingerprint density at radius 1 is 1.03 bits per heavy atom. The van der Waals surface area contributed by atoms with Crippen LogP contribution in [0.3, 0.4) is 0 Å². The van der Waals surface area contributed by atoms with Gasteiger partial charge in [-0.2, -0.15) is 0 Å². The van der Waals surface area contributed by atoms with Crippen LogP contribution in [0.5, 0.6) is 5.75 Å². The first kappa shape index (κ1) is 23.7. The molecule has 0 aliphatic carbocycles. The van der Waals surface area contributed by atoms with E-state index in [1.165, 1.54) is 12.1 Å². The minimum Gasteiger partial charge on any atom is -0.493 e. The predicted octanol–water partition coefficient (Wildman–Crippen LogP) is 1.73. The first-order valence-corrected chi connectivity index (χ1v) is 10.7. The van der Waals surface area contributed by atoms with E-state index in [4.69, 9.17) is 4.74 Å². The van der Waals surface area contributed by atoms with Crippen molar-refractivity contribution < 1.29 is 24.0 Å². The smallest absolute Gasteiger partial charge is 0.270 e. The summed E-state index contributed by atoms with van der Waals surface area (Å²) in [6, 6.07) is 11.0. The van der Waals surface area contributed by atoms with Crippen LogP contribution >= 0.6 is 0 Å². The van der Waals surface area contributed by atoms with Crippen LogP contribution in [0, 0.1) is 10.1 Å². The lowest BCUT2D eigenvalue weighted by molar-refractivity contribution is -0.384. The number of hydrogen-bond donors (Lipinski definition) is 3. The molecule has 0 saturated carbocycles. The number of nitrogens with zero attached hydrogens (tertiary/aromatic N) is 1. The molecule has 174 valence electrons. The van der Waals surface area contributed by atoms with Gasteiger partial charge in [0.05, 0.1) is 17.1 Å². The molecule has 2 atom stereocenters. The van der Waals surface area contributed by atoms with Gasteiger partial charge in [0.2, 0.25) is 11.8 Å². The SMILES string of the molecule is C[C@@H]1NC(=O)[C@H](Cc2ccccc2)NC(=O)c2cc([N+](=O)[O-])ccc2OCCCCNC1=O. The van der Waals surface area contributed by atoms with E-state index in [1.807, 2.05) is 30.3 Å². The van der Waals surface area contributed by atoms with Gasteiger partial charge in [-0.3, -0.25) is 24.5 Å². The summed E-state index contributed by atoms with van der Waals surface area (Å²) in [5.41, 5.74) is 0.494. The third-order valence-corrected chi connectivity index (χ3v) is 5.20. The van der Waals surface area contributed by atoms with E-state index >= 15 is 0 Å². The van der Waals surface area contributed by atoms with Gasteiger partial charge in [0.15, 0.2) is 0 Å². The second-order valence-electron chi connectivity index (χ2n) is 7.73. The van der Waals surface area contributed by atoms with E-state index in [9.17, 15) is 24.5 Å². The number of ether oxygens (including phenoxy) is 1. The molecule has 0 spiro atoms. The highest BCUT2D eigenvalue weighted by Crippen LogP contribution is 2.25. The lowest BCUT2D eigenvalue weighted by Gasteiger charge is -2.21. The van der Waals surface area contributed by atoms with Gasteiger partial charge in [0, 0.05) is 25.1 Å². The Labute approximate surface area is 190 Å². The van der Waals surface area contributed by atoms with Crippen LogP contribution in [0.25, 0.3) is 0 Å². The molecule has 1 aliphatic heterocycles. The lowest BCUT2D eigenvalue weighted by atomic mass is 10.0. The van der Waals surface area contributed by atoms with Gasteiger partial charge >= 0.3 is 0 Å². The number of benzene rings is 2. The fourth-order valence-electron chi connectivity index (χ4n) is 3.38. The Morgan fingerprint density at radius 2 is 1.79 bits per heavy atom. The van der Waals surface area contributed by atoms with E-state index in [0.29, 0.717) is 19.4 Å². The molecule has 0 aromatic heterocycles. The molecule has 2 aromatic rings. The minimum absolute atomic E-state index is 0.0350. The maximum Gasteiger partial charge on any atom is 0.270 e. The van der Waals surface area contributed by atoms with Crippen LogP contribution in [-0.2, 0) is 16.0 Å². The number of nitrogens with one attached hydrogen (secondary N) is 3. The van der Waals surface area contributed by atoms with Crippen LogP contribution in [-0.4, -0.2) is 47.9 Å². The summed E-state index contributed by atoms with van der Waals surface area (Å²) in [4.78, 5) is 49.1. The Morgan fingerprint density at radius 3 is 2.52 bits per heavy atom. The molecule has 0 saturated heterocycles. The molecule has 0 bridgehead atoms. The minimum atomic E-state index is -1.02. The number of rotatable bonds is 3. The Bertz CT molecular complexity index is 1030. The molecule has 0 radical (unpaired) electrons. The summed E-state index contributed by atoms with van der Waals surface area (Å²) in [5.74, 6) is -1.37. The van der Waals surface area contributed by atoms with Crippen molar-refractivity contribution in [3.05, 3.63) is 69.8 Å². The number of fused-ring (bicyclic) bond motifs is 1. The standard InChI is InChI=1S/C23H26N4O6/c1-15-21(28)24-11-5-6-12-33-20-10-9-17(27(31)32)14-18(20)22(29)26-19(23(30)25-15)13-16-7-3-2-4-8-16/h2-4,7-10,14-15,19H,5-6,11-13H2,1H3,(H,24,28)(H,25,30)(H,26,29)/t15-,19-/m0/s1. The van der Waals surface area contributed by atoms with Gasteiger partial charge < -0.3 is 20.7 Å². The van der Waals surface area contributed by atoms with Gasteiger partial charge in [-0.1, -0.05) is 30.3 Å². The highest BCUT2D eigenvalue weighted by atomic mass is 16.6. The van der Waals surface area contributed by atoms with E-state index in [0.717, 1.165) is 11.6 Å². The number of nitro benzene ring substituents is 1. The van der Waals surface area contributed by atoms with Crippen molar-refractivity contribution in [1.29, 1.82) is 0 Å². The van der Waals surface area contributed by atoms with E-state index in [-0.39, 0.29) is 35.9 Å². The molecular formula is C23H26N4O6. The molecule has 10 nitrogen and oxygen atoms in total. The summed E-state index contributed by atoms with van der Waals surface area (Å²) < 4.78 is 5.70. The number of hydrogen-bond acceptors (Lipinski definition) is 6. The number of carbonyl (C=O) groups is 3. The maximum absolute atomic E-state index is 13.1. The Balaban J connectivity index is 1.94. The van der Waals surface area contributed by atoms with Crippen molar-refractivity contribution in [2.75, 3.05) is 13.2 Å². The van der Waals surface area contributed by atoms with E-state index in [1.54, 1.807) is 6.92 Å². The van der Waals surface area contributed by atoms with Crippen molar-refractivity contribution in [1.82, 2.24) is 16.0 Å². The summed E-state index contributed by atoms with van der Waals surface area (Å²) in [7, 11) is 0. The average molecular weight is 454 g/mol. The van der Waals surface area contributed by atoms with Crippen LogP contribution in [0.2, 0.25) is 0 Å². The van der Waals surface area contributed by atoms with E-state index < -0.39 is 28.8 Å². The largest absolute Gasteiger partial charge is 0.493 e. The predicted molar refractivity (Wildman–Crippen MR) is 120 cm³/mol. The molecule has 10 heteroatoms. The zero-order chi connectivity index (χ0) is 23.8. The van der Waals surface area contributed by atoms with Crippen molar-refractivity contribution in [2.45, 2.75) is 38.3 Å². The monoisotopic (exact) mass is 454 g/mol. The van der Waals surface area contributed by atoms with Crippen LogP contribution < -0.4 is 20.7 Å². The summed E-state index contributed by atoms with van der Waals surface area (Å²) in [6.07, 6.45) is 1.38. The number of non-ortho nitro benzene ring substituents is 1. The fourth-order valence-corrected chi connectivity index (χ4v) is 3.38. The molecule has 0 unspecified atom stereocenters. The van der Waals surface area contributed by atoms with Crippen molar-refractivity contribution in [3.63, 3.8) is 0 Å². The second-order valence-corrected chi connectivity index (χ2v) is 7.73. The van der Waals surface area contributed by atoms with Crippen molar-refractivity contribution in [3.8, 4) is 5.75 Å². The zero-order valence-electron chi connectivity index (χ0n) is 18.2. The van der Waals surface area contributed by atoms with Gasteiger partial charge in [-0.25, -0.2) is 0 Å². The maximum atomic E-state index is 13.1. The van der Waals surface area contributed by atoms with Crippen LogP contribution in [0.1, 0.15) is 35.7 Å². The molecular weight excluding hydrogens is 428 g/mol. The number of amides is 3. The number of nitro groups is 1. The lowest BCUT2D eigenvalue weighted by Crippen LogP contribution is -2.53. The molecule has 3 N–H and O–H groups in total. The van der Waals surface area contributed by atoms with Crippen molar-refractivity contribution in [2.24, 2.45) is 0 Å². The molecule has 33 heavy (non-hydrogen) atoms. The second kappa shape index (κ2) is 11.1. The highest BCUT2D eigenvalue weighted by molar-refractivity contribution is 6.00. The first-order chi connectivity index (χ1) is 15.8. The first-order valence-electron chi connectivity index (χ1n) is 10.7. The summed E-state index contributed by atoms with van der Waals surface area (Å²) in [6.45, 7) is 2.22. The van der Waals surface area contributed by atoms with Crippen molar-refractivity contribution >= 4 is 23.4 Å². The Kier molecular flexibility index (Phi) is 7.96. The van der Waals surface area contributed by atoms with Gasteiger partial charge in [-0.15, -0.1) is 0 Å². The van der Waals surface area contributed by atoms with E-state index in [2.05, 4.69) is 16.0 Å². The number of carbonyl (C=O) groups excluding carboxylic acids is 3. The normalized spacial score (nSPS) is 20.1. The molecule has 3 rings (SSSR count). The molecule has 1 heterocycles. The third-order valence-electron chi connectivity index (χ3n) is 5.20. The molecule has 3 amide bonds. The molecule has 0 fully saturated rings. The fraction of sp³-hybridized carbons (Fsp3) is 0.348. The topological polar surface area (TPSA) is 140 Å². The molecule has 2 aromatic carbocycles. The van der Waals surface area contributed by atoms with Crippen LogP contribution in [0.15, 0.2) is 48.5 Å². The quantitative estimate of drug-likeness (QED) is 0.477. The molecule has 1 aliphatic rings. The third kappa shape index (κ3) is 6.52. The van der Waals surface area contributed by atoms with Crippen LogP contribution in [0.4, 0.5) is 5.69 Å². The average Bonchev–Trinajstić information content (AvgIpc) is 2.80. The summed E-state index contributed by atoms with van der Waals surface area (Å²) in [5, 5.41) is 19.3.